The molecular formula is C15H23N3O. The van der Waals surface area contributed by atoms with Gasteiger partial charge in [0.05, 0.1) is 17.4 Å². The van der Waals surface area contributed by atoms with Gasteiger partial charge in [-0.15, -0.1) is 0 Å². The zero-order chi connectivity index (χ0) is 13.8. The molecule has 0 aliphatic heterocycles. The Hall–Kier alpha value is -1.55. The Morgan fingerprint density at radius 1 is 1.47 bits per heavy atom. The van der Waals surface area contributed by atoms with Crippen molar-refractivity contribution >= 4 is 17.3 Å². The van der Waals surface area contributed by atoms with Crippen LogP contribution in [0.5, 0.6) is 0 Å². The van der Waals surface area contributed by atoms with Crippen LogP contribution in [-0.2, 0) is 4.79 Å². The molecule has 2 rings (SSSR count). The summed E-state index contributed by atoms with van der Waals surface area (Å²) in [5.74, 6) is 0.803. The van der Waals surface area contributed by atoms with Gasteiger partial charge in [-0.2, -0.15) is 0 Å². The zero-order valence-electron chi connectivity index (χ0n) is 11.7. The molecule has 0 saturated heterocycles. The summed E-state index contributed by atoms with van der Waals surface area (Å²) in [5.41, 5.74) is 7.14. The van der Waals surface area contributed by atoms with Crippen LogP contribution in [-0.4, -0.2) is 29.9 Å². The maximum atomic E-state index is 12.3. The van der Waals surface area contributed by atoms with Crippen molar-refractivity contribution in [3.8, 4) is 0 Å². The molecule has 4 nitrogen and oxygen atoms in total. The predicted octanol–water partition coefficient (Wildman–Crippen LogP) is 2.33. The number of nitrogens with one attached hydrogen (secondary N) is 1. The van der Waals surface area contributed by atoms with Gasteiger partial charge >= 0.3 is 0 Å². The number of carbonyl (C=O) groups excluding carboxylic acids is 1. The van der Waals surface area contributed by atoms with E-state index in [1.807, 2.05) is 25.1 Å². The molecule has 104 valence electrons. The lowest BCUT2D eigenvalue weighted by Gasteiger charge is -2.27. The highest BCUT2D eigenvalue weighted by atomic mass is 16.2. The summed E-state index contributed by atoms with van der Waals surface area (Å²) in [4.78, 5) is 14.5. The number of nitrogens with zero attached hydrogens (tertiary/aromatic N) is 1. The normalized spacial score (nSPS) is 16.4. The Kier molecular flexibility index (Phi) is 4.43. The largest absolute Gasteiger partial charge is 0.397 e. The molecule has 0 heterocycles. The number of nitrogen functional groups attached to an aromatic ring is 1. The van der Waals surface area contributed by atoms with E-state index in [1.54, 1.807) is 6.07 Å². The summed E-state index contributed by atoms with van der Waals surface area (Å²) < 4.78 is 0. The lowest BCUT2D eigenvalue weighted by atomic mass is 10.2. The lowest BCUT2D eigenvalue weighted by Crippen LogP contribution is -2.43. The third-order valence-corrected chi connectivity index (χ3v) is 3.74. The Labute approximate surface area is 115 Å². The van der Waals surface area contributed by atoms with E-state index in [1.165, 1.54) is 12.8 Å². The third-order valence-electron chi connectivity index (χ3n) is 3.74. The summed E-state index contributed by atoms with van der Waals surface area (Å²) in [7, 11) is 0. The quantitative estimate of drug-likeness (QED) is 0.773. The summed E-state index contributed by atoms with van der Waals surface area (Å²) >= 11 is 0. The van der Waals surface area contributed by atoms with Gasteiger partial charge in [0.25, 0.3) is 0 Å². The predicted molar refractivity (Wildman–Crippen MR) is 78.9 cm³/mol. The van der Waals surface area contributed by atoms with E-state index in [4.69, 9.17) is 5.73 Å². The SMILES string of the molecule is CCN(CC1CC1)C(C)C(=O)Nc1ccccc1N. The highest BCUT2D eigenvalue weighted by molar-refractivity contribution is 5.97. The van der Waals surface area contributed by atoms with Crippen LogP contribution in [0.3, 0.4) is 0 Å². The summed E-state index contributed by atoms with van der Waals surface area (Å²) in [5, 5.41) is 2.91. The Morgan fingerprint density at radius 2 is 2.16 bits per heavy atom. The number of para-hydroxylation sites is 2. The second kappa shape index (κ2) is 6.06. The average Bonchev–Trinajstić information content (AvgIpc) is 3.21. The number of benzene rings is 1. The van der Waals surface area contributed by atoms with Gasteiger partial charge in [-0.05, 0) is 44.4 Å². The number of carbonyl (C=O) groups is 1. The van der Waals surface area contributed by atoms with Crippen LogP contribution in [0.2, 0.25) is 0 Å². The topological polar surface area (TPSA) is 58.4 Å². The van der Waals surface area contributed by atoms with Crippen molar-refractivity contribution in [3.05, 3.63) is 24.3 Å². The highest BCUT2D eigenvalue weighted by Crippen LogP contribution is 2.30. The number of rotatable bonds is 6. The number of nitrogens with two attached hydrogens (primary N) is 1. The van der Waals surface area contributed by atoms with Crippen molar-refractivity contribution in [3.63, 3.8) is 0 Å². The van der Waals surface area contributed by atoms with Crippen molar-refractivity contribution in [2.75, 3.05) is 24.1 Å². The molecule has 1 amide bonds. The molecule has 1 aliphatic carbocycles. The molecular weight excluding hydrogens is 238 g/mol. The first kappa shape index (κ1) is 13.9. The summed E-state index contributed by atoms with van der Waals surface area (Å²) in [6.07, 6.45) is 2.60. The fraction of sp³-hybridized carbons (Fsp3) is 0.533. The first-order valence-electron chi connectivity index (χ1n) is 7.01. The Morgan fingerprint density at radius 3 is 2.74 bits per heavy atom. The lowest BCUT2D eigenvalue weighted by molar-refractivity contribution is -0.120. The van der Waals surface area contributed by atoms with E-state index >= 15 is 0 Å². The average molecular weight is 261 g/mol. The zero-order valence-corrected chi connectivity index (χ0v) is 11.7. The smallest absolute Gasteiger partial charge is 0.241 e. The minimum atomic E-state index is -0.120. The first-order valence-corrected chi connectivity index (χ1v) is 7.01. The molecule has 19 heavy (non-hydrogen) atoms. The van der Waals surface area contributed by atoms with Crippen molar-refractivity contribution in [1.29, 1.82) is 0 Å². The molecule has 4 heteroatoms. The molecule has 0 spiro atoms. The van der Waals surface area contributed by atoms with Crippen molar-refractivity contribution in [2.45, 2.75) is 32.7 Å². The summed E-state index contributed by atoms with van der Waals surface area (Å²) in [6, 6.07) is 7.24. The molecule has 0 aromatic heterocycles. The van der Waals surface area contributed by atoms with Crippen molar-refractivity contribution in [1.82, 2.24) is 4.90 Å². The van der Waals surface area contributed by atoms with Crippen molar-refractivity contribution < 1.29 is 4.79 Å². The van der Waals surface area contributed by atoms with Crippen LogP contribution < -0.4 is 11.1 Å². The fourth-order valence-electron chi connectivity index (χ4n) is 2.21. The molecule has 1 aromatic rings. The number of amides is 1. The number of likely N-dealkylation sites (N-methyl/N-ethyl adjacent to an activating group) is 1. The highest BCUT2D eigenvalue weighted by Gasteiger charge is 2.28. The Bertz CT molecular complexity index is 443. The monoisotopic (exact) mass is 261 g/mol. The maximum Gasteiger partial charge on any atom is 0.241 e. The fourth-order valence-corrected chi connectivity index (χ4v) is 2.21. The van der Waals surface area contributed by atoms with Crippen LogP contribution in [0.25, 0.3) is 0 Å². The minimum Gasteiger partial charge on any atom is -0.397 e. The van der Waals surface area contributed by atoms with Crippen LogP contribution in [0.1, 0.15) is 26.7 Å². The molecule has 1 saturated carbocycles. The van der Waals surface area contributed by atoms with Crippen LogP contribution in [0.15, 0.2) is 24.3 Å². The van der Waals surface area contributed by atoms with Gasteiger partial charge in [-0.25, -0.2) is 0 Å². The van der Waals surface area contributed by atoms with E-state index in [0.717, 1.165) is 19.0 Å². The van der Waals surface area contributed by atoms with E-state index in [9.17, 15) is 4.79 Å². The molecule has 1 atom stereocenters. The van der Waals surface area contributed by atoms with Gasteiger partial charge in [0, 0.05) is 6.54 Å². The van der Waals surface area contributed by atoms with Gasteiger partial charge in [-0.1, -0.05) is 19.1 Å². The van der Waals surface area contributed by atoms with Crippen LogP contribution >= 0.6 is 0 Å². The molecule has 3 N–H and O–H groups in total. The molecule has 1 fully saturated rings. The number of hydrogen-bond donors (Lipinski definition) is 2. The van der Waals surface area contributed by atoms with Gasteiger partial charge in [0.1, 0.15) is 0 Å². The maximum absolute atomic E-state index is 12.3. The van der Waals surface area contributed by atoms with Gasteiger partial charge in [-0.3, -0.25) is 9.69 Å². The second-order valence-corrected chi connectivity index (χ2v) is 5.28. The molecule has 0 bridgehead atoms. The van der Waals surface area contributed by atoms with Crippen molar-refractivity contribution in [2.24, 2.45) is 5.92 Å². The van der Waals surface area contributed by atoms with Gasteiger partial charge in [0.15, 0.2) is 0 Å². The van der Waals surface area contributed by atoms with E-state index in [2.05, 4.69) is 17.1 Å². The first-order chi connectivity index (χ1) is 9.11. The Balaban J connectivity index is 1.95. The molecule has 1 unspecified atom stereocenters. The van der Waals surface area contributed by atoms with Gasteiger partial charge < -0.3 is 11.1 Å². The summed E-state index contributed by atoms with van der Waals surface area (Å²) in [6.45, 7) is 5.98. The number of anilines is 2. The van der Waals surface area contributed by atoms with E-state index in [-0.39, 0.29) is 11.9 Å². The number of hydrogen-bond acceptors (Lipinski definition) is 3. The molecule has 0 radical (unpaired) electrons. The van der Waals surface area contributed by atoms with Crippen LogP contribution in [0.4, 0.5) is 11.4 Å². The minimum absolute atomic E-state index is 0.0143. The molecule has 1 aliphatic rings. The molecule has 1 aromatic carbocycles. The second-order valence-electron chi connectivity index (χ2n) is 5.28. The van der Waals surface area contributed by atoms with Crippen LogP contribution in [0, 0.1) is 5.92 Å². The van der Waals surface area contributed by atoms with E-state index in [0.29, 0.717) is 11.4 Å². The standard InChI is InChI=1S/C15H23N3O/c1-3-18(10-12-8-9-12)11(2)15(19)17-14-7-5-4-6-13(14)16/h4-7,11-12H,3,8-10,16H2,1-2H3,(H,17,19). The third kappa shape index (κ3) is 3.70. The van der Waals surface area contributed by atoms with E-state index < -0.39 is 0 Å². The van der Waals surface area contributed by atoms with Gasteiger partial charge in [0.2, 0.25) is 5.91 Å².